The van der Waals surface area contributed by atoms with Gasteiger partial charge in [0, 0.05) is 6.42 Å². The van der Waals surface area contributed by atoms with Gasteiger partial charge in [0.25, 0.3) is 0 Å². The zero-order chi connectivity index (χ0) is 7.56. The van der Waals surface area contributed by atoms with Crippen molar-refractivity contribution in [1.29, 1.82) is 0 Å². The van der Waals surface area contributed by atoms with E-state index < -0.39 is 5.91 Å². The van der Waals surface area contributed by atoms with Crippen LogP contribution in [0.1, 0.15) is 13.3 Å². The fourth-order valence-corrected chi connectivity index (χ4v) is 0.630. The summed E-state index contributed by atoms with van der Waals surface area (Å²) in [5.74, 6) is -0.721. The van der Waals surface area contributed by atoms with E-state index in [4.69, 9.17) is 0 Å². The van der Waals surface area contributed by atoms with Gasteiger partial charge in [-0.1, -0.05) is 6.92 Å². The average molecular weight is 138 g/mol. The topological polar surface area (TPSA) is 58.9 Å². The molecule has 0 atom stereocenters. The lowest BCUT2D eigenvalue weighted by molar-refractivity contribution is -0.120. The van der Waals surface area contributed by atoms with E-state index in [9.17, 15) is 9.59 Å². The molecule has 1 heterocycles. The van der Waals surface area contributed by atoms with Crippen LogP contribution in [-0.2, 0) is 9.59 Å². The van der Waals surface area contributed by atoms with Gasteiger partial charge in [-0.3, -0.25) is 9.59 Å². The molecule has 0 saturated heterocycles. The maximum Gasteiger partial charge on any atom is 0.300 e. The first kappa shape index (κ1) is 6.80. The monoisotopic (exact) mass is 138 g/mol. The third-order valence-corrected chi connectivity index (χ3v) is 1.19. The molecular weight excluding hydrogens is 132 g/mol. The molecule has 0 aliphatic carbocycles. The molecule has 0 unspecified atom stereocenters. The minimum atomic E-state index is -0.521. The Labute approximate surface area is 57.6 Å². The van der Waals surface area contributed by atoms with E-state index in [-0.39, 0.29) is 11.4 Å². The van der Waals surface area contributed by atoms with Crippen molar-refractivity contribution in [3.05, 3.63) is 11.8 Å². The van der Waals surface area contributed by atoms with Crippen LogP contribution in [0.4, 0.5) is 0 Å². The smallest absolute Gasteiger partial charge is 0.294 e. The number of azo groups is 1. The van der Waals surface area contributed by atoms with E-state index in [1.54, 1.807) is 6.92 Å². The molecule has 0 N–H and O–H groups in total. The first-order chi connectivity index (χ1) is 4.75. The summed E-state index contributed by atoms with van der Waals surface area (Å²) in [5, 5.41) is 6.47. The average Bonchev–Trinajstić information content (AvgIpc) is 2.34. The molecule has 0 bridgehead atoms. The highest BCUT2D eigenvalue weighted by Gasteiger charge is 2.19. The molecule has 4 heteroatoms. The molecule has 1 rings (SSSR count). The number of nitrogens with zero attached hydrogens (tertiary/aromatic N) is 2. The van der Waals surface area contributed by atoms with Gasteiger partial charge in [0.1, 0.15) is 5.57 Å². The Bertz CT molecular complexity index is 240. The Morgan fingerprint density at radius 2 is 2.40 bits per heavy atom. The summed E-state index contributed by atoms with van der Waals surface area (Å²) in [6, 6.07) is 0. The Balaban J connectivity index is 2.77. The van der Waals surface area contributed by atoms with Crippen LogP contribution in [0.2, 0.25) is 0 Å². The second-order valence-electron chi connectivity index (χ2n) is 1.84. The third-order valence-electron chi connectivity index (χ3n) is 1.19. The highest BCUT2D eigenvalue weighted by atomic mass is 16.2. The largest absolute Gasteiger partial charge is 0.300 e. The predicted octanol–water partition coefficient (Wildman–Crippen LogP) is 0.842. The Morgan fingerprint density at radius 1 is 1.70 bits per heavy atom. The summed E-state index contributed by atoms with van der Waals surface area (Å²) in [6.07, 6.45) is 1.52. The molecule has 0 aromatic heterocycles. The van der Waals surface area contributed by atoms with Gasteiger partial charge in [0.2, 0.25) is 0 Å². The first-order valence-electron chi connectivity index (χ1n) is 2.94. The zero-order valence-corrected chi connectivity index (χ0v) is 5.50. The number of amides is 1. The first-order valence-corrected chi connectivity index (χ1v) is 2.94. The van der Waals surface area contributed by atoms with Gasteiger partial charge in [-0.05, 0) is 0 Å². The molecule has 0 radical (unpaired) electrons. The maximum absolute atomic E-state index is 10.8. The van der Waals surface area contributed by atoms with E-state index in [0.29, 0.717) is 6.42 Å². The number of ketones is 1. The van der Waals surface area contributed by atoms with Crippen molar-refractivity contribution >= 4 is 11.7 Å². The zero-order valence-electron chi connectivity index (χ0n) is 5.50. The lowest BCUT2D eigenvalue weighted by Crippen LogP contribution is -2.06. The van der Waals surface area contributed by atoms with Crippen molar-refractivity contribution < 1.29 is 9.59 Å². The van der Waals surface area contributed by atoms with E-state index in [1.165, 1.54) is 6.20 Å². The van der Waals surface area contributed by atoms with Gasteiger partial charge < -0.3 is 0 Å². The summed E-state index contributed by atoms with van der Waals surface area (Å²) >= 11 is 0. The number of carbonyl (C=O) groups excluding carboxylic acids is 2. The van der Waals surface area contributed by atoms with Crippen molar-refractivity contribution in [3.8, 4) is 0 Å². The van der Waals surface area contributed by atoms with Gasteiger partial charge in [0.05, 0.1) is 6.20 Å². The summed E-state index contributed by atoms with van der Waals surface area (Å²) < 4.78 is 0. The molecule has 0 fully saturated rings. The Hall–Kier alpha value is -1.32. The Morgan fingerprint density at radius 3 is 2.80 bits per heavy atom. The lowest BCUT2D eigenvalue weighted by atomic mass is 10.1. The van der Waals surface area contributed by atoms with Gasteiger partial charge in [-0.2, -0.15) is 5.11 Å². The van der Waals surface area contributed by atoms with Crippen LogP contribution in [0.3, 0.4) is 0 Å². The molecule has 0 saturated carbocycles. The number of Topliss-reactive ketones (excluding diaryl/α,β-unsaturated/α-hetero) is 1. The van der Waals surface area contributed by atoms with Crippen LogP contribution in [0, 0.1) is 0 Å². The van der Waals surface area contributed by atoms with Crippen LogP contribution in [0.25, 0.3) is 0 Å². The maximum atomic E-state index is 10.8. The van der Waals surface area contributed by atoms with E-state index in [0.717, 1.165) is 0 Å². The van der Waals surface area contributed by atoms with Crippen molar-refractivity contribution in [2.75, 3.05) is 0 Å². The molecule has 4 nitrogen and oxygen atoms in total. The molecule has 0 spiro atoms. The van der Waals surface area contributed by atoms with Crippen LogP contribution >= 0.6 is 0 Å². The SMILES string of the molecule is CCC(=O)C1=CN=NC1=O. The van der Waals surface area contributed by atoms with Crippen LogP contribution < -0.4 is 0 Å². The standard InChI is InChI=1S/C6H6N2O2/c1-2-5(9)4-3-7-8-6(4)10/h3H,2H2,1H3. The van der Waals surface area contributed by atoms with E-state index in [1.807, 2.05) is 0 Å². The van der Waals surface area contributed by atoms with Crippen molar-refractivity contribution in [3.63, 3.8) is 0 Å². The van der Waals surface area contributed by atoms with Gasteiger partial charge in [-0.25, -0.2) is 0 Å². The van der Waals surface area contributed by atoms with Gasteiger partial charge in [-0.15, -0.1) is 5.11 Å². The quantitative estimate of drug-likeness (QED) is 0.531. The molecule has 52 valence electrons. The fraction of sp³-hybridized carbons (Fsp3) is 0.333. The predicted molar refractivity (Wildman–Crippen MR) is 33.2 cm³/mol. The van der Waals surface area contributed by atoms with Crippen LogP contribution in [-0.4, -0.2) is 11.7 Å². The molecule has 1 amide bonds. The second-order valence-corrected chi connectivity index (χ2v) is 1.84. The summed E-state index contributed by atoms with van der Waals surface area (Å²) in [4.78, 5) is 21.4. The molecule has 0 aromatic carbocycles. The van der Waals surface area contributed by atoms with Gasteiger partial charge in [0.15, 0.2) is 5.78 Å². The Kier molecular flexibility index (Phi) is 1.71. The summed E-state index contributed by atoms with van der Waals surface area (Å²) in [7, 11) is 0. The van der Waals surface area contributed by atoms with E-state index in [2.05, 4.69) is 10.2 Å². The number of carbonyl (C=O) groups is 2. The third kappa shape index (κ3) is 1.00. The van der Waals surface area contributed by atoms with E-state index >= 15 is 0 Å². The van der Waals surface area contributed by atoms with Crippen molar-refractivity contribution in [2.45, 2.75) is 13.3 Å². The van der Waals surface area contributed by atoms with Crippen molar-refractivity contribution in [1.82, 2.24) is 0 Å². The number of hydrogen-bond acceptors (Lipinski definition) is 3. The molecular formula is C6H6N2O2. The summed E-state index contributed by atoms with van der Waals surface area (Å²) in [6.45, 7) is 1.69. The minimum Gasteiger partial charge on any atom is -0.294 e. The molecule has 1 aliphatic heterocycles. The number of hydrogen-bond donors (Lipinski definition) is 0. The minimum absolute atomic E-state index is 0.0995. The second kappa shape index (κ2) is 2.51. The van der Waals surface area contributed by atoms with Crippen molar-refractivity contribution in [2.24, 2.45) is 10.2 Å². The normalized spacial score (nSPS) is 15.7. The summed E-state index contributed by atoms with van der Waals surface area (Å²) in [5.41, 5.74) is 0.0995. The molecule has 1 aliphatic rings. The fourth-order valence-electron chi connectivity index (χ4n) is 0.630. The number of rotatable bonds is 2. The van der Waals surface area contributed by atoms with Gasteiger partial charge >= 0.3 is 5.91 Å². The lowest BCUT2D eigenvalue weighted by Gasteiger charge is -1.89. The highest BCUT2D eigenvalue weighted by Crippen LogP contribution is 2.09. The van der Waals surface area contributed by atoms with Crippen LogP contribution in [0.5, 0.6) is 0 Å². The molecule has 10 heavy (non-hydrogen) atoms. The molecule has 0 aromatic rings. The van der Waals surface area contributed by atoms with Crippen LogP contribution in [0.15, 0.2) is 22.0 Å². The highest BCUT2D eigenvalue weighted by molar-refractivity contribution is 6.20.